The summed E-state index contributed by atoms with van der Waals surface area (Å²) in [5.41, 5.74) is 1.60. The van der Waals surface area contributed by atoms with Crippen molar-refractivity contribution in [3.05, 3.63) is 23.5 Å². The number of anilines is 1. The Morgan fingerprint density at radius 2 is 2.31 bits per heavy atom. The lowest BCUT2D eigenvalue weighted by Gasteiger charge is -2.10. The highest BCUT2D eigenvalue weighted by Crippen LogP contribution is 2.30. The Balaban J connectivity index is 2.42. The fraction of sp³-hybridized carbons (Fsp3) is 0.444. The molecule has 0 bridgehead atoms. The van der Waals surface area contributed by atoms with E-state index in [2.05, 4.69) is 10.3 Å². The molecule has 70 valence electrons. The van der Waals surface area contributed by atoms with Gasteiger partial charge in [-0.05, 0) is 6.07 Å². The maximum absolute atomic E-state index is 12.9. The summed E-state index contributed by atoms with van der Waals surface area (Å²) in [7, 11) is 0. The molecule has 2 heterocycles. The van der Waals surface area contributed by atoms with E-state index in [1.54, 1.807) is 0 Å². The van der Waals surface area contributed by atoms with Crippen LogP contribution in [0.15, 0.2) is 12.3 Å². The molecule has 0 saturated heterocycles. The number of alkyl halides is 2. The van der Waals surface area contributed by atoms with Crippen LogP contribution in [0.5, 0.6) is 0 Å². The number of halogens is 2. The van der Waals surface area contributed by atoms with E-state index in [0.29, 0.717) is 0 Å². The van der Waals surface area contributed by atoms with Gasteiger partial charge in [0.05, 0.1) is 11.4 Å². The van der Waals surface area contributed by atoms with Gasteiger partial charge in [-0.3, -0.25) is 4.98 Å². The van der Waals surface area contributed by atoms with Crippen LogP contribution in [0.2, 0.25) is 0 Å². The summed E-state index contributed by atoms with van der Waals surface area (Å²) in [5, 5.41) is 3.02. The molecule has 0 spiro atoms. The molecule has 0 saturated carbocycles. The van der Waals surface area contributed by atoms with Crippen LogP contribution in [0.25, 0.3) is 0 Å². The smallest absolute Gasteiger partial charge is 0.272 e. The van der Waals surface area contributed by atoms with E-state index in [-0.39, 0.29) is 5.56 Å². The van der Waals surface area contributed by atoms with Gasteiger partial charge in [-0.25, -0.2) is 8.78 Å². The van der Waals surface area contributed by atoms with Crippen LogP contribution >= 0.6 is 0 Å². The number of nitrogens with zero attached hydrogens (tertiary/aromatic N) is 1. The largest absolute Gasteiger partial charge is 0.383 e. The van der Waals surface area contributed by atoms with Crippen molar-refractivity contribution in [1.29, 1.82) is 0 Å². The Hall–Kier alpha value is -1.19. The summed E-state index contributed by atoms with van der Waals surface area (Å²) in [6.45, 7) is 1.67. The second-order valence-corrected chi connectivity index (χ2v) is 3.28. The molecule has 0 atom stereocenters. The molecule has 0 amide bonds. The van der Waals surface area contributed by atoms with Crippen molar-refractivity contribution in [3.8, 4) is 0 Å². The third-order valence-corrected chi connectivity index (χ3v) is 2.15. The zero-order valence-corrected chi connectivity index (χ0v) is 7.27. The number of nitrogens with one attached hydrogen (secondary N) is 1. The van der Waals surface area contributed by atoms with Crippen molar-refractivity contribution < 1.29 is 8.78 Å². The molecular weight excluding hydrogens is 174 g/mol. The van der Waals surface area contributed by atoms with Gasteiger partial charge >= 0.3 is 0 Å². The van der Waals surface area contributed by atoms with Crippen LogP contribution in [0.4, 0.5) is 14.5 Å². The van der Waals surface area contributed by atoms with Crippen LogP contribution in [0, 0.1) is 0 Å². The van der Waals surface area contributed by atoms with E-state index in [4.69, 9.17) is 0 Å². The number of pyridine rings is 1. The van der Waals surface area contributed by atoms with Crippen LogP contribution in [-0.4, -0.2) is 11.5 Å². The number of fused-ring (bicyclic) bond motifs is 1. The lowest BCUT2D eigenvalue weighted by molar-refractivity contribution is 0.0172. The van der Waals surface area contributed by atoms with Crippen molar-refractivity contribution in [2.45, 2.75) is 19.3 Å². The Morgan fingerprint density at radius 1 is 1.54 bits per heavy atom. The summed E-state index contributed by atoms with van der Waals surface area (Å²) in [6, 6.07) is 1.48. The van der Waals surface area contributed by atoms with E-state index in [1.165, 1.54) is 12.3 Å². The van der Waals surface area contributed by atoms with Gasteiger partial charge in [0.1, 0.15) is 0 Å². The van der Waals surface area contributed by atoms with Gasteiger partial charge < -0.3 is 5.32 Å². The number of rotatable bonds is 1. The molecule has 1 aliphatic heterocycles. The number of aromatic nitrogens is 1. The zero-order valence-electron chi connectivity index (χ0n) is 7.27. The van der Waals surface area contributed by atoms with Crippen LogP contribution in [-0.2, 0) is 12.3 Å². The minimum Gasteiger partial charge on any atom is -0.383 e. The molecule has 4 heteroatoms. The molecule has 0 radical (unpaired) electrons. The summed E-state index contributed by atoms with van der Waals surface area (Å²) in [5.74, 6) is -2.80. The predicted molar refractivity (Wildman–Crippen MR) is 46.0 cm³/mol. The van der Waals surface area contributed by atoms with Gasteiger partial charge in [0.25, 0.3) is 5.92 Å². The van der Waals surface area contributed by atoms with Crippen molar-refractivity contribution in [2.75, 3.05) is 11.9 Å². The van der Waals surface area contributed by atoms with Crippen molar-refractivity contribution in [2.24, 2.45) is 0 Å². The highest BCUT2D eigenvalue weighted by molar-refractivity contribution is 5.53. The maximum Gasteiger partial charge on any atom is 0.272 e. The average Bonchev–Trinajstić information content (AvgIpc) is 2.47. The molecular formula is C9H10F2N2. The Kier molecular flexibility index (Phi) is 1.71. The molecule has 0 fully saturated rings. The molecule has 1 aliphatic rings. The second kappa shape index (κ2) is 2.65. The number of hydrogen-bond acceptors (Lipinski definition) is 2. The topological polar surface area (TPSA) is 24.9 Å². The summed E-state index contributed by atoms with van der Waals surface area (Å²) >= 11 is 0. The standard InChI is InChI=1S/C9H10F2N2/c1-9(10,11)6-4-8-7(13-5-6)2-3-12-8/h4-5,12H,2-3H2,1H3. The molecule has 0 unspecified atom stereocenters. The second-order valence-electron chi connectivity index (χ2n) is 3.28. The average molecular weight is 184 g/mol. The van der Waals surface area contributed by atoms with Crippen molar-refractivity contribution >= 4 is 5.69 Å². The monoisotopic (exact) mass is 184 g/mol. The van der Waals surface area contributed by atoms with E-state index in [1.807, 2.05) is 0 Å². The molecule has 1 aromatic heterocycles. The van der Waals surface area contributed by atoms with Gasteiger partial charge in [-0.15, -0.1) is 0 Å². The molecule has 1 aromatic rings. The lowest BCUT2D eigenvalue weighted by atomic mass is 10.1. The first-order valence-electron chi connectivity index (χ1n) is 4.18. The first kappa shape index (κ1) is 8.41. The maximum atomic E-state index is 12.9. The van der Waals surface area contributed by atoms with E-state index >= 15 is 0 Å². The van der Waals surface area contributed by atoms with Crippen molar-refractivity contribution in [1.82, 2.24) is 4.98 Å². The summed E-state index contributed by atoms with van der Waals surface area (Å²) < 4.78 is 25.7. The zero-order chi connectivity index (χ0) is 9.47. The molecule has 13 heavy (non-hydrogen) atoms. The fourth-order valence-corrected chi connectivity index (χ4v) is 1.40. The third kappa shape index (κ3) is 1.48. The Labute approximate surface area is 75.0 Å². The SMILES string of the molecule is CC(F)(F)c1cnc2c(c1)NCC2. The highest BCUT2D eigenvalue weighted by Gasteiger charge is 2.26. The number of hydrogen-bond donors (Lipinski definition) is 1. The summed E-state index contributed by atoms with van der Waals surface area (Å²) in [4.78, 5) is 3.98. The first-order chi connectivity index (χ1) is 6.07. The van der Waals surface area contributed by atoms with E-state index in [9.17, 15) is 8.78 Å². The Morgan fingerprint density at radius 3 is 3.00 bits per heavy atom. The van der Waals surface area contributed by atoms with Gasteiger partial charge in [0.15, 0.2) is 0 Å². The normalized spacial score (nSPS) is 15.3. The third-order valence-electron chi connectivity index (χ3n) is 2.15. The Bertz CT molecular complexity index is 331. The quantitative estimate of drug-likeness (QED) is 0.723. The van der Waals surface area contributed by atoms with Gasteiger partial charge in [0, 0.05) is 31.6 Å². The van der Waals surface area contributed by atoms with Crippen molar-refractivity contribution in [3.63, 3.8) is 0 Å². The molecule has 2 nitrogen and oxygen atoms in total. The van der Waals surface area contributed by atoms with Gasteiger partial charge in [0.2, 0.25) is 0 Å². The van der Waals surface area contributed by atoms with Crippen LogP contribution < -0.4 is 5.32 Å². The fourth-order valence-electron chi connectivity index (χ4n) is 1.40. The molecule has 2 rings (SSSR count). The highest BCUT2D eigenvalue weighted by atomic mass is 19.3. The van der Waals surface area contributed by atoms with Crippen LogP contribution in [0.3, 0.4) is 0 Å². The van der Waals surface area contributed by atoms with Crippen LogP contribution in [0.1, 0.15) is 18.2 Å². The minimum absolute atomic E-state index is 0.0272. The first-order valence-corrected chi connectivity index (χ1v) is 4.18. The van der Waals surface area contributed by atoms with E-state index < -0.39 is 5.92 Å². The van der Waals surface area contributed by atoms with Gasteiger partial charge in [-0.1, -0.05) is 0 Å². The predicted octanol–water partition coefficient (Wildman–Crippen LogP) is 2.16. The summed E-state index contributed by atoms with van der Waals surface area (Å²) in [6.07, 6.45) is 2.08. The lowest BCUT2D eigenvalue weighted by Crippen LogP contribution is -2.08. The van der Waals surface area contributed by atoms with E-state index in [0.717, 1.165) is 31.3 Å². The molecule has 0 aliphatic carbocycles. The molecule has 1 N–H and O–H groups in total. The molecule has 0 aromatic carbocycles. The van der Waals surface area contributed by atoms with Gasteiger partial charge in [-0.2, -0.15) is 0 Å². The minimum atomic E-state index is -2.80.